The quantitative estimate of drug-likeness (QED) is 0.458. The first-order valence-corrected chi connectivity index (χ1v) is 12.6. The van der Waals surface area contributed by atoms with Crippen molar-refractivity contribution in [3.8, 4) is 0 Å². The van der Waals surface area contributed by atoms with Gasteiger partial charge in [-0.25, -0.2) is 0 Å². The Kier molecular flexibility index (Phi) is 13.7. The fourth-order valence-corrected chi connectivity index (χ4v) is 2.79. The lowest BCUT2D eigenvalue weighted by molar-refractivity contribution is -0.0149. The predicted molar refractivity (Wildman–Crippen MR) is 150 cm³/mol. The van der Waals surface area contributed by atoms with Gasteiger partial charge < -0.3 is 15.2 Å². The standard InChI is InChI=1S/C16H26O.C11H17NO.C4H10/c1-15(2,3)11-13-7-9-14(10-8-13)12-17-16(4,5)6;1-11(2,3)12-10-6-4-9(8-13)5-7-10;1-4(2)3/h7-10H,11-12H2,1-6H3;4-7,12-13H,8H2,1-3H3;4H,1-3H3. The van der Waals surface area contributed by atoms with E-state index in [9.17, 15) is 0 Å². The van der Waals surface area contributed by atoms with Crippen LogP contribution < -0.4 is 5.32 Å². The summed E-state index contributed by atoms with van der Waals surface area (Å²) < 4.78 is 5.76. The Balaban J connectivity index is 0.000000567. The van der Waals surface area contributed by atoms with Crippen LogP contribution in [0.4, 0.5) is 5.69 Å². The van der Waals surface area contributed by atoms with E-state index < -0.39 is 0 Å². The molecule has 2 N–H and O–H groups in total. The van der Waals surface area contributed by atoms with Crippen LogP contribution in [0.5, 0.6) is 0 Å². The molecule has 2 rings (SSSR count). The summed E-state index contributed by atoms with van der Waals surface area (Å²) in [5.74, 6) is 0.833. The summed E-state index contributed by atoms with van der Waals surface area (Å²) in [4.78, 5) is 0. The Hall–Kier alpha value is -1.84. The molecule has 0 radical (unpaired) electrons. The van der Waals surface area contributed by atoms with E-state index in [0.29, 0.717) is 12.0 Å². The second-order valence-corrected chi connectivity index (χ2v) is 12.9. The zero-order chi connectivity index (χ0) is 26.6. The van der Waals surface area contributed by atoms with Crippen molar-refractivity contribution >= 4 is 5.69 Å². The number of aliphatic hydroxyl groups excluding tert-OH is 1. The number of rotatable bonds is 5. The third-order valence-electron chi connectivity index (χ3n) is 4.09. The van der Waals surface area contributed by atoms with Crippen LogP contribution >= 0.6 is 0 Å². The molecule has 0 aliphatic heterocycles. The van der Waals surface area contributed by atoms with Crippen LogP contribution in [0.15, 0.2) is 48.5 Å². The van der Waals surface area contributed by atoms with Crippen LogP contribution in [-0.4, -0.2) is 16.2 Å². The second-order valence-electron chi connectivity index (χ2n) is 12.9. The van der Waals surface area contributed by atoms with Crippen molar-refractivity contribution in [1.29, 1.82) is 0 Å². The normalized spacial score (nSPS) is 11.8. The van der Waals surface area contributed by atoms with E-state index >= 15 is 0 Å². The molecule has 0 bridgehead atoms. The van der Waals surface area contributed by atoms with Crippen LogP contribution in [0.3, 0.4) is 0 Å². The summed E-state index contributed by atoms with van der Waals surface area (Å²) in [5.41, 5.74) is 5.05. The molecule has 0 saturated heterocycles. The second kappa shape index (κ2) is 14.5. The zero-order valence-electron chi connectivity index (χ0n) is 24.2. The summed E-state index contributed by atoms with van der Waals surface area (Å²) >= 11 is 0. The molecule has 3 nitrogen and oxygen atoms in total. The summed E-state index contributed by atoms with van der Waals surface area (Å²) in [5, 5.41) is 12.2. The first kappa shape index (κ1) is 32.2. The van der Waals surface area contributed by atoms with Gasteiger partial charge in [0.2, 0.25) is 0 Å². The molecule has 2 aromatic rings. The molecule has 0 spiro atoms. The molecule has 0 aliphatic rings. The van der Waals surface area contributed by atoms with Crippen LogP contribution in [0.2, 0.25) is 0 Å². The molecule has 0 heterocycles. The molecule has 0 aliphatic carbocycles. The van der Waals surface area contributed by atoms with Crippen molar-refractivity contribution in [3.05, 3.63) is 65.2 Å². The van der Waals surface area contributed by atoms with Crippen molar-refractivity contribution in [2.75, 3.05) is 5.32 Å². The Morgan fingerprint density at radius 1 is 0.706 bits per heavy atom. The SMILES string of the molecule is CC(C)(C)Cc1ccc(COC(C)(C)C)cc1.CC(C)(C)Nc1ccc(CO)cc1.CC(C)C. The Morgan fingerprint density at radius 2 is 1.12 bits per heavy atom. The van der Waals surface area contributed by atoms with Crippen LogP contribution in [0.1, 0.15) is 99.8 Å². The van der Waals surface area contributed by atoms with Crippen molar-refractivity contribution in [2.45, 2.75) is 114 Å². The Labute approximate surface area is 211 Å². The minimum Gasteiger partial charge on any atom is -0.392 e. The maximum atomic E-state index is 8.84. The average molecular weight is 472 g/mol. The Morgan fingerprint density at radius 3 is 1.47 bits per heavy atom. The minimum absolute atomic E-state index is 0.0654. The average Bonchev–Trinajstić information content (AvgIpc) is 2.65. The van der Waals surface area contributed by atoms with Crippen molar-refractivity contribution in [3.63, 3.8) is 0 Å². The number of ether oxygens (including phenoxy) is 1. The fourth-order valence-electron chi connectivity index (χ4n) is 2.79. The summed E-state index contributed by atoms with van der Waals surface area (Å²) in [6.45, 7) is 26.7. The van der Waals surface area contributed by atoms with Crippen LogP contribution in [0.25, 0.3) is 0 Å². The highest BCUT2D eigenvalue weighted by Gasteiger charge is 2.12. The van der Waals surface area contributed by atoms with Crippen LogP contribution in [0, 0.1) is 11.3 Å². The van der Waals surface area contributed by atoms with Gasteiger partial charge in [0.25, 0.3) is 0 Å². The molecular weight excluding hydrogens is 418 g/mol. The van der Waals surface area contributed by atoms with Gasteiger partial charge in [-0.15, -0.1) is 0 Å². The van der Waals surface area contributed by atoms with Gasteiger partial charge in [-0.1, -0.05) is 77.9 Å². The van der Waals surface area contributed by atoms with Gasteiger partial charge in [-0.2, -0.15) is 0 Å². The summed E-state index contributed by atoms with van der Waals surface area (Å²) in [6, 6.07) is 16.6. The van der Waals surface area contributed by atoms with E-state index in [1.54, 1.807) is 0 Å². The number of aliphatic hydroxyl groups is 1. The molecule has 194 valence electrons. The van der Waals surface area contributed by atoms with E-state index in [2.05, 4.69) is 113 Å². The number of hydrogen-bond donors (Lipinski definition) is 2. The van der Waals surface area contributed by atoms with E-state index in [1.165, 1.54) is 11.1 Å². The van der Waals surface area contributed by atoms with E-state index in [4.69, 9.17) is 9.84 Å². The number of nitrogens with one attached hydrogen (secondary N) is 1. The van der Waals surface area contributed by atoms with Gasteiger partial charge in [0.15, 0.2) is 0 Å². The van der Waals surface area contributed by atoms with E-state index in [1.807, 2.05) is 24.3 Å². The highest BCUT2D eigenvalue weighted by Crippen LogP contribution is 2.21. The lowest BCUT2D eigenvalue weighted by Crippen LogP contribution is -2.25. The fraction of sp³-hybridized carbons (Fsp3) is 0.613. The molecular formula is C31H53NO2. The molecule has 34 heavy (non-hydrogen) atoms. The molecule has 2 aromatic carbocycles. The monoisotopic (exact) mass is 471 g/mol. The van der Waals surface area contributed by atoms with E-state index in [-0.39, 0.29) is 17.7 Å². The van der Waals surface area contributed by atoms with Crippen molar-refractivity contribution < 1.29 is 9.84 Å². The van der Waals surface area contributed by atoms with E-state index in [0.717, 1.165) is 23.6 Å². The smallest absolute Gasteiger partial charge is 0.0724 e. The third-order valence-corrected chi connectivity index (χ3v) is 4.09. The molecule has 0 amide bonds. The largest absolute Gasteiger partial charge is 0.392 e. The minimum atomic E-state index is -0.0654. The molecule has 0 atom stereocenters. The number of hydrogen-bond acceptors (Lipinski definition) is 3. The zero-order valence-corrected chi connectivity index (χ0v) is 24.2. The molecule has 0 saturated carbocycles. The molecule has 0 fully saturated rings. The van der Waals surface area contributed by atoms with Crippen LogP contribution in [-0.2, 0) is 24.4 Å². The maximum absolute atomic E-state index is 8.84. The molecule has 0 unspecified atom stereocenters. The van der Waals surface area contributed by atoms with Gasteiger partial charge in [0.1, 0.15) is 0 Å². The first-order chi connectivity index (χ1) is 15.4. The van der Waals surface area contributed by atoms with Gasteiger partial charge in [0, 0.05) is 11.2 Å². The van der Waals surface area contributed by atoms with Crippen molar-refractivity contribution in [2.24, 2.45) is 11.3 Å². The first-order valence-electron chi connectivity index (χ1n) is 12.6. The lowest BCUT2D eigenvalue weighted by Gasteiger charge is -2.22. The number of anilines is 1. The van der Waals surface area contributed by atoms with Crippen molar-refractivity contribution in [1.82, 2.24) is 0 Å². The number of benzene rings is 2. The highest BCUT2D eigenvalue weighted by atomic mass is 16.5. The van der Waals surface area contributed by atoms with Gasteiger partial charge in [0.05, 0.1) is 18.8 Å². The Bertz CT molecular complexity index is 768. The third kappa shape index (κ3) is 19.6. The van der Waals surface area contributed by atoms with Gasteiger partial charge in [-0.05, 0) is 88.1 Å². The molecule has 0 aromatic heterocycles. The lowest BCUT2D eigenvalue weighted by atomic mass is 9.88. The maximum Gasteiger partial charge on any atom is 0.0724 e. The highest BCUT2D eigenvalue weighted by molar-refractivity contribution is 5.46. The molecule has 3 heteroatoms. The van der Waals surface area contributed by atoms with Gasteiger partial charge >= 0.3 is 0 Å². The predicted octanol–water partition coefficient (Wildman–Crippen LogP) is 8.64. The summed E-state index contributed by atoms with van der Waals surface area (Å²) in [6.07, 6.45) is 1.12. The topological polar surface area (TPSA) is 41.5 Å². The summed E-state index contributed by atoms with van der Waals surface area (Å²) in [7, 11) is 0. The van der Waals surface area contributed by atoms with Gasteiger partial charge in [-0.3, -0.25) is 0 Å².